The third-order valence-corrected chi connectivity index (χ3v) is 5.98. The minimum absolute atomic E-state index is 0.0885. The summed E-state index contributed by atoms with van der Waals surface area (Å²) in [4.78, 5) is 4.51. The summed E-state index contributed by atoms with van der Waals surface area (Å²) in [5.41, 5.74) is 2.80. The second kappa shape index (κ2) is 6.61. The third kappa shape index (κ3) is 3.26. The van der Waals surface area contributed by atoms with Crippen LogP contribution in [0.3, 0.4) is 0 Å². The van der Waals surface area contributed by atoms with Crippen LogP contribution in [0.25, 0.3) is 10.8 Å². The van der Waals surface area contributed by atoms with E-state index in [0.717, 1.165) is 16.6 Å². The standard InChI is InChI=1S/C19H20N2O2S/c1-3-24(22,23)21(2)17-10-8-15(9-11-17)14-19-18-7-5-4-6-16(18)12-13-20-19/h4-13H,3,14H2,1-2H3. The molecule has 2 aromatic carbocycles. The number of fused-ring (bicyclic) bond motifs is 1. The predicted molar refractivity (Wildman–Crippen MR) is 98.9 cm³/mol. The van der Waals surface area contributed by atoms with Crippen molar-refractivity contribution in [1.29, 1.82) is 0 Å². The SMILES string of the molecule is CCS(=O)(=O)N(C)c1ccc(Cc2nccc3ccccc23)cc1. The molecule has 0 unspecified atom stereocenters. The average Bonchev–Trinajstić information content (AvgIpc) is 2.62. The van der Waals surface area contributed by atoms with E-state index in [1.165, 1.54) is 9.69 Å². The Balaban J connectivity index is 1.86. The molecule has 0 saturated heterocycles. The van der Waals surface area contributed by atoms with Gasteiger partial charge >= 0.3 is 0 Å². The number of aromatic nitrogens is 1. The van der Waals surface area contributed by atoms with E-state index in [1.54, 1.807) is 14.0 Å². The molecule has 3 aromatic rings. The second-order valence-electron chi connectivity index (χ2n) is 5.69. The molecule has 0 aliphatic carbocycles. The number of hydrogen-bond donors (Lipinski definition) is 0. The van der Waals surface area contributed by atoms with E-state index in [1.807, 2.05) is 48.7 Å². The van der Waals surface area contributed by atoms with Crippen molar-refractivity contribution in [2.24, 2.45) is 0 Å². The number of nitrogens with zero attached hydrogens (tertiary/aromatic N) is 2. The highest BCUT2D eigenvalue weighted by atomic mass is 32.2. The Morgan fingerprint density at radius 2 is 1.71 bits per heavy atom. The zero-order valence-corrected chi connectivity index (χ0v) is 14.6. The van der Waals surface area contributed by atoms with Gasteiger partial charge in [0.2, 0.25) is 10.0 Å². The van der Waals surface area contributed by atoms with Crippen molar-refractivity contribution in [3.05, 3.63) is 72.1 Å². The lowest BCUT2D eigenvalue weighted by Crippen LogP contribution is -2.27. The fourth-order valence-corrected chi connectivity index (χ4v) is 3.52. The van der Waals surface area contributed by atoms with Gasteiger partial charge in [-0.2, -0.15) is 0 Å². The summed E-state index contributed by atoms with van der Waals surface area (Å²) >= 11 is 0. The van der Waals surface area contributed by atoms with E-state index >= 15 is 0 Å². The molecule has 1 heterocycles. The van der Waals surface area contributed by atoms with Gasteiger partial charge in [-0.1, -0.05) is 36.4 Å². The van der Waals surface area contributed by atoms with E-state index in [2.05, 4.69) is 17.1 Å². The summed E-state index contributed by atoms with van der Waals surface area (Å²) in [6.07, 6.45) is 2.54. The van der Waals surface area contributed by atoms with Crippen LogP contribution in [0.5, 0.6) is 0 Å². The number of rotatable bonds is 5. The largest absolute Gasteiger partial charge is 0.273 e. The Bertz CT molecular complexity index is 945. The molecule has 0 radical (unpaired) electrons. The van der Waals surface area contributed by atoms with Gasteiger partial charge in [-0.05, 0) is 36.1 Å². The van der Waals surface area contributed by atoms with E-state index in [0.29, 0.717) is 12.1 Å². The van der Waals surface area contributed by atoms with Crippen molar-refractivity contribution in [2.45, 2.75) is 13.3 Å². The molecular formula is C19H20N2O2S. The highest BCUT2D eigenvalue weighted by Gasteiger charge is 2.15. The van der Waals surface area contributed by atoms with E-state index in [4.69, 9.17) is 0 Å². The molecule has 5 heteroatoms. The Morgan fingerprint density at radius 1 is 1.00 bits per heavy atom. The van der Waals surface area contributed by atoms with Crippen molar-refractivity contribution in [3.63, 3.8) is 0 Å². The van der Waals surface area contributed by atoms with Gasteiger partial charge in [0.25, 0.3) is 0 Å². The van der Waals surface area contributed by atoms with Crippen LogP contribution in [0, 0.1) is 0 Å². The summed E-state index contributed by atoms with van der Waals surface area (Å²) in [5, 5.41) is 2.32. The zero-order valence-electron chi connectivity index (χ0n) is 13.8. The first-order chi connectivity index (χ1) is 11.5. The molecular weight excluding hydrogens is 320 g/mol. The van der Waals surface area contributed by atoms with Crippen molar-refractivity contribution in [2.75, 3.05) is 17.1 Å². The van der Waals surface area contributed by atoms with Gasteiger partial charge < -0.3 is 0 Å². The molecule has 0 aliphatic heterocycles. The van der Waals surface area contributed by atoms with Crippen LogP contribution < -0.4 is 4.31 Å². The smallest absolute Gasteiger partial charge is 0.234 e. The highest BCUT2D eigenvalue weighted by molar-refractivity contribution is 7.92. The van der Waals surface area contributed by atoms with Crippen LogP contribution in [0.1, 0.15) is 18.2 Å². The van der Waals surface area contributed by atoms with Crippen LogP contribution in [0.4, 0.5) is 5.69 Å². The summed E-state index contributed by atoms with van der Waals surface area (Å²) in [6.45, 7) is 1.65. The number of benzene rings is 2. The lowest BCUT2D eigenvalue weighted by atomic mass is 10.0. The maximum absolute atomic E-state index is 11.9. The molecule has 4 nitrogen and oxygen atoms in total. The Hall–Kier alpha value is -2.40. The first kappa shape index (κ1) is 16.5. The van der Waals surface area contributed by atoms with Crippen LogP contribution >= 0.6 is 0 Å². The highest BCUT2D eigenvalue weighted by Crippen LogP contribution is 2.22. The summed E-state index contributed by atoms with van der Waals surface area (Å²) in [5.74, 6) is 0.0885. The lowest BCUT2D eigenvalue weighted by Gasteiger charge is -2.18. The maximum atomic E-state index is 11.9. The van der Waals surface area contributed by atoms with E-state index in [9.17, 15) is 8.42 Å². The van der Waals surface area contributed by atoms with E-state index in [-0.39, 0.29) is 5.75 Å². The van der Waals surface area contributed by atoms with Crippen LogP contribution in [0.15, 0.2) is 60.8 Å². The van der Waals surface area contributed by atoms with Crippen molar-refractivity contribution in [1.82, 2.24) is 4.98 Å². The van der Waals surface area contributed by atoms with Crippen LogP contribution in [-0.4, -0.2) is 26.2 Å². The van der Waals surface area contributed by atoms with Gasteiger partial charge in [-0.25, -0.2) is 8.42 Å². The fourth-order valence-electron chi connectivity index (χ4n) is 2.69. The quantitative estimate of drug-likeness (QED) is 0.713. The Labute approximate surface area is 142 Å². The normalized spacial score (nSPS) is 11.6. The zero-order chi connectivity index (χ0) is 17.2. The summed E-state index contributed by atoms with van der Waals surface area (Å²) in [6, 6.07) is 17.8. The van der Waals surface area contributed by atoms with Crippen molar-refractivity contribution >= 4 is 26.5 Å². The Morgan fingerprint density at radius 3 is 2.42 bits per heavy atom. The minimum Gasteiger partial charge on any atom is -0.273 e. The number of anilines is 1. The van der Waals surface area contributed by atoms with Crippen LogP contribution in [-0.2, 0) is 16.4 Å². The summed E-state index contributed by atoms with van der Waals surface area (Å²) < 4.78 is 25.2. The number of sulfonamides is 1. The van der Waals surface area contributed by atoms with Crippen molar-refractivity contribution in [3.8, 4) is 0 Å². The van der Waals surface area contributed by atoms with Gasteiger partial charge in [0.05, 0.1) is 17.1 Å². The molecule has 0 N–H and O–H groups in total. The summed E-state index contributed by atoms with van der Waals surface area (Å²) in [7, 11) is -1.65. The van der Waals surface area contributed by atoms with Crippen LogP contribution in [0.2, 0.25) is 0 Å². The molecule has 0 atom stereocenters. The van der Waals surface area contributed by atoms with Gasteiger partial charge in [0.1, 0.15) is 0 Å². The van der Waals surface area contributed by atoms with Gasteiger partial charge in [0, 0.05) is 25.1 Å². The molecule has 0 spiro atoms. The van der Waals surface area contributed by atoms with Crippen molar-refractivity contribution < 1.29 is 8.42 Å². The third-order valence-electron chi connectivity index (χ3n) is 4.21. The molecule has 124 valence electrons. The minimum atomic E-state index is -3.23. The molecule has 0 aliphatic rings. The molecule has 1 aromatic heterocycles. The second-order valence-corrected chi connectivity index (χ2v) is 7.98. The monoisotopic (exact) mass is 340 g/mol. The molecule has 3 rings (SSSR count). The molecule has 0 bridgehead atoms. The first-order valence-corrected chi connectivity index (χ1v) is 9.50. The molecule has 0 saturated carbocycles. The van der Waals surface area contributed by atoms with Gasteiger partial charge in [-0.15, -0.1) is 0 Å². The van der Waals surface area contributed by atoms with E-state index < -0.39 is 10.0 Å². The maximum Gasteiger partial charge on any atom is 0.234 e. The molecule has 24 heavy (non-hydrogen) atoms. The average molecular weight is 340 g/mol. The van der Waals surface area contributed by atoms with Gasteiger partial charge in [-0.3, -0.25) is 9.29 Å². The molecule has 0 amide bonds. The topological polar surface area (TPSA) is 50.3 Å². The fraction of sp³-hybridized carbons (Fsp3) is 0.211. The lowest BCUT2D eigenvalue weighted by molar-refractivity contribution is 0.595. The molecule has 0 fully saturated rings. The number of pyridine rings is 1. The predicted octanol–water partition coefficient (Wildman–Crippen LogP) is 3.61. The Kier molecular flexibility index (Phi) is 4.53. The van der Waals surface area contributed by atoms with Gasteiger partial charge in [0.15, 0.2) is 0 Å². The first-order valence-electron chi connectivity index (χ1n) is 7.89. The number of hydrogen-bond acceptors (Lipinski definition) is 3.